The summed E-state index contributed by atoms with van der Waals surface area (Å²) in [5, 5.41) is 18.7. The lowest BCUT2D eigenvalue weighted by molar-refractivity contribution is -0.00632. The lowest BCUT2D eigenvalue weighted by atomic mass is 9.79. The van der Waals surface area contributed by atoms with Gasteiger partial charge in [0.15, 0.2) is 0 Å². The lowest BCUT2D eigenvalue weighted by Gasteiger charge is -2.35. The molecular weight excluding hydrogens is 262 g/mol. The van der Waals surface area contributed by atoms with Crippen LogP contribution in [0.2, 0.25) is 0 Å². The first-order valence-corrected chi connectivity index (χ1v) is 8.16. The van der Waals surface area contributed by atoms with E-state index < -0.39 is 5.60 Å². The van der Waals surface area contributed by atoms with Crippen molar-refractivity contribution in [2.75, 3.05) is 6.54 Å². The summed E-state index contributed by atoms with van der Waals surface area (Å²) in [4.78, 5) is 0. The molecule has 0 atom stereocenters. The number of hydrogen-bond acceptors (Lipinski definition) is 3. The van der Waals surface area contributed by atoms with Crippen molar-refractivity contribution in [3.63, 3.8) is 0 Å². The summed E-state index contributed by atoms with van der Waals surface area (Å²) in [5.41, 5.74) is 1.91. The molecule has 120 valence electrons. The smallest absolute Gasteiger partial charge is 0.0771 e. The Balaban J connectivity index is 1.92. The number of aliphatic hydroxyl groups is 1. The Morgan fingerprint density at radius 1 is 1.38 bits per heavy atom. The minimum atomic E-state index is -0.517. The molecule has 0 unspecified atom stereocenters. The maximum Gasteiger partial charge on any atom is 0.0771 e. The molecule has 1 aromatic heterocycles. The van der Waals surface area contributed by atoms with Crippen LogP contribution in [0.5, 0.6) is 0 Å². The summed E-state index contributed by atoms with van der Waals surface area (Å²) in [6, 6.07) is 0. The molecule has 0 aliphatic heterocycles. The van der Waals surface area contributed by atoms with E-state index in [-0.39, 0.29) is 5.41 Å². The molecule has 1 fully saturated rings. The van der Waals surface area contributed by atoms with Crippen molar-refractivity contribution in [1.29, 1.82) is 0 Å². The van der Waals surface area contributed by atoms with Gasteiger partial charge in [0.05, 0.1) is 11.3 Å². The highest BCUT2D eigenvalue weighted by Crippen LogP contribution is 2.31. The second-order valence-electron chi connectivity index (χ2n) is 7.94. The van der Waals surface area contributed by atoms with E-state index in [1.165, 1.54) is 5.56 Å². The molecule has 1 aromatic rings. The van der Waals surface area contributed by atoms with Gasteiger partial charge in [0.25, 0.3) is 0 Å². The molecule has 0 spiro atoms. The average Bonchev–Trinajstić information content (AvgIpc) is 2.75. The molecule has 0 amide bonds. The van der Waals surface area contributed by atoms with E-state index in [9.17, 15) is 5.11 Å². The molecule has 21 heavy (non-hydrogen) atoms. The normalized spacial score (nSPS) is 27.0. The van der Waals surface area contributed by atoms with E-state index in [0.29, 0.717) is 6.54 Å². The molecular formula is C17H31N3O. The Labute approximate surface area is 128 Å². The van der Waals surface area contributed by atoms with E-state index in [1.54, 1.807) is 0 Å². The van der Waals surface area contributed by atoms with Crippen molar-refractivity contribution < 1.29 is 5.11 Å². The largest absolute Gasteiger partial charge is 0.389 e. The Bertz CT molecular complexity index is 465. The van der Waals surface area contributed by atoms with Crippen LogP contribution in [0.4, 0.5) is 0 Å². The van der Waals surface area contributed by atoms with Gasteiger partial charge in [-0.2, -0.15) is 5.10 Å². The Hall–Kier alpha value is -0.870. The fourth-order valence-corrected chi connectivity index (χ4v) is 3.20. The van der Waals surface area contributed by atoms with Crippen molar-refractivity contribution in [2.45, 2.75) is 70.9 Å². The van der Waals surface area contributed by atoms with Gasteiger partial charge in [0.2, 0.25) is 0 Å². The zero-order chi connectivity index (χ0) is 15.7. The molecule has 1 saturated carbocycles. The van der Waals surface area contributed by atoms with Gasteiger partial charge >= 0.3 is 0 Å². The number of rotatable bonds is 4. The van der Waals surface area contributed by atoms with Gasteiger partial charge < -0.3 is 10.4 Å². The maximum atomic E-state index is 10.6. The van der Waals surface area contributed by atoms with Crippen LogP contribution < -0.4 is 5.32 Å². The first kappa shape index (κ1) is 16.5. The van der Waals surface area contributed by atoms with Gasteiger partial charge in [-0.15, -0.1) is 0 Å². The number of nitrogens with one attached hydrogen (secondary N) is 1. The third-order valence-electron chi connectivity index (χ3n) is 4.59. The molecule has 0 saturated heterocycles. The minimum Gasteiger partial charge on any atom is -0.389 e. The van der Waals surface area contributed by atoms with Crippen LogP contribution in [0.1, 0.15) is 64.6 Å². The topological polar surface area (TPSA) is 50.1 Å². The summed E-state index contributed by atoms with van der Waals surface area (Å²) in [5.74, 6) is 0.760. The Morgan fingerprint density at radius 3 is 2.57 bits per heavy atom. The van der Waals surface area contributed by atoms with Gasteiger partial charge in [0.1, 0.15) is 0 Å². The summed E-state index contributed by atoms with van der Waals surface area (Å²) < 4.78 is 1.88. The fraction of sp³-hybridized carbons (Fsp3) is 0.824. The van der Waals surface area contributed by atoms with Gasteiger partial charge in [0, 0.05) is 37.3 Å². The summed E-state index contributed by atoms with van der Waals surface area (Å²) in [7, 11) is 1.97. The number of hydrogen-bond donors (Lipinski definition) is 2. The van der Waals surface area contributed by atoms with Gasteiger partial charge in [-0.1, -0.05) is 27.7 Å². The van der Waals surface area contributed by atoms with Crippen LogP contribution in [-0.2, 0) is 19.0 Å². The van der Waals surface area contributed by atoms with Crippen LogP contribution in [0.15, 0.2) is 6.20 Å². The Kier molecular flexibility index (Phi) is 4.79. The summed E-state index contributed by atoms with van der Waals surface area (Å²) >= 11 is 0. The van der Waals surface area contributed by atoms with Crippen LogP contribution in [-0.4, -0.2) is 27.0 Å². The quantitative estimate of drug-likeness (QED) is 0.897. The Morgan fingerprint density at radius 2 is 2.00 bits per heavy atom. The molecule has 1 heterocycles. The van der Waals surface area contributed by atoms with Crippen LogP contribution in [0, 0.1) is 5.92 Å². The van der Waals surface area contributed by atoms with Crippen molar-refractivity contribution in [3.05, 3.63) is 17.5 Å². The first-order valence-electron chi connectivity index (χ1n) is 8.16. The highest BCUT2D eigenvalue weighted by Gasteiger charge is 2.31. The van der Waals surface area contributed by atoms with E-state index >= 15 is 0 Å². The number of aromatic nitrogens is 2. The third-order valence-corrected chi connectivity index (χ3v) is 4.59. The average molecular weight is 293 g/mol. The van der Waals surface area contributed by atoms with Crippen molar-refractivity contribution in [2.24, 2.45) is 13.0 Å². The van der Waals surface area contributed by atoms with E-state index in [2.05, 4.69) is 44.3 Å². The van der Waals surface area contributed by atoms with E-state index in [0.717, 1.165) is 43.8 Å². The second-order valence-corrected chi connectivity index (χ2v) is 7.94. The maximum absolute atomic E-state index is 10.6. The number of aryl methyl sites for hydroxylation is 1. The van der Waals surface area contributed by atoms with E-state index in [1.807, 2.05) is 11.7 Å². The van der Waals surface area contributed by atoms with Crippen LogP contribution in [0.25, 0.3) is 0 Å². The molecule has 2 N–H and O–H groups in total. The molecule has 1 aliphatic rings. The van der Waals surface area contributed by atoms with Crippen LogP contribution in [0.3, 0.4) is 0 Å². The second kappa shape index (κ2) is 6.09. The van der Waals surface area contributed by atoms with E-state index in [4.69, 9.17) is 0 Å². The van der Waals surface area contributed by atoms with Gasteiger partial charge in [-0.25, -0.2) is 0 Å². The highest BCUT2D eigenvalue weighted by molar-refractivity contribution is 5.23. The highest BCUT2D eigenvalue weighted by atomic mass is 16.3. The zero-order valence-electron chi connectivity index (χ0n) is 14.2. The summed E-state index contributed by atoms with van der Waals surface area (Å²) in [6.07, 6.45) is 6.19. The van der Waals surface area contributed by atoms with Crippen molar-refractivity contribution >= 4 is 0 Å². The van der Waals surface area contributed by atoms with Crippen LogP contribution >= 0.6 is 0 Å². The predicted octanol–water partition coefficient (Wildman–Crippen LogP) is 2.75. The zero-order valence-corrected chi connectivity index (χ0v) is 14.2. The molecule has 0 aromatic carbocycles. The molecule has 1 aliphatic carbocycles. The van der Waals surface area contributed by atoms with Gasteiger partial charge in [-0.3, -0.25) is 4.68 Å². The third kappa shape index (κ3) is 4.30. The molecule has 4 nitrogen and oxygen atoms in total. The first-order chi connectivity index (χ1) is 9.70. The molecule has 2 rings (SSSR count). The summed E-state index contributed by atoms with van der Waals surface area (Å²) in [6.45, 7) is 10.3. The molecule has 0 bridgehead atoms. The SMILES string of the molecule is CC1CCC(O)(CNCc2cn(C)nc2C(C)(C)C)CC1. The van der Waals surface area contributed by atoms with Crippen molar-refractivity contribution in [1.82, 2.24) is 15.1 Å². The number of nitrogens with zero attached hydrogens (tertiary/aromatic N) is 2. The minimum absolute atomic E-state index is 0.0510. The lowest BCUT2D eigenvalue weighted by Crippen LogP contribution is -2.43. The molecule has 0 radical (unpaired) electrons. The molecule has 4 heteroatoms. The standard InChI is InChI=1S/C17H31N3O/c1-13-6-8-17(21,9-7-13)12-18-10-14-11-20(5)19-15(14)16(2,3)4/h11,13,18,21H,6-10,12H2,1-5H3. The monoisotopic (exact) mass is 293 g/mol. The predicted molar refractivity (Wildman–Crippen MR) is 86.2 cm³/mol. The van der Waals surface area contributed by atoms with Gasteiger partial charge in [-0.05, 0) is 31.6 Å². The van der Waals surface area contributed by atoms with Crippen molar-refractivity contribution in [3.8, 4) is 0 Å². The fourth-order valence-electron chi connectivity index (χ4n) is 3.20.